The first kappa shape index (κ1) is 30.4. The fourth-order valence-electron chi connectivity index (χ4n) is 6.77. The van der Waals surface area contributed by atoms with Crippen LogP contribution < -0.4 is 0 Å². The minimum Gasteiger partial charge on any atom is -0.445 e. The van der Waals surface area contributed by atoms with Gasteiger partial charge in [-0.25, -0.2) is 4.79 Å². The van der Waals surface area contributed by atoms with Gasteiger partial charge in [-0.05, 0) is 67.7 Å². The molecule has 2 aliphatic rings. The minimum absolute atomic E-state index is 0.0636. The summed E-state index contributed by atoms with van der Waals surface area (Å²) in [6, 6.07) is 28.6. The maximum Gasteiger partial charge on any atom is 0.411 e. The molecule has 0 spiro atoms. The van der Waals surface area contributed by atoms with Crippen molar-refractivity contribution in [2.75, 3.05) is 33.2 Å². The highest BCUT2D eigenvalue weighted by atomic mass is 16.6. The number of likely N-dealkylation sites (tertiary alicyclic amines) is 1. The molecular weight excluding hydrogens is 534 g/mol. The Morgan fingerprint density at radius 1 is 0.907 bits per heavy atom. The summed E-state index contributed by atoms with van der Waals surface area (Å²) < 4.78 is 5.66. The molecule has 6 nitrogen and oxygen atoms in total. The van der Waals surface area contributed by atoms with Gasteiger partial charge >= 0.3 is 6.09 Å². The van der Waals surface area contributed by atoms with Gasteiger partial charge in [-0.15, -0.1) is 6.42 Å². The van der Waals surface area contributed by atoms with Crippen molar-refractivity contribution in [1.29, 1.82) is 0 Å². The van der Waals surface area contributed by atoms with Crippen LogP contribution in [0, 0.1) is 25.2 Å². The number of rotatable bonds is 9. The average Bonchev–Trinajstić information content (AvgIpc) is 3.47. The molecule has 0 aromatic heterocycles. The standard InChI is InChI=1S/C37H43N3O3/c1-4-21-40(37(42)43-27-29-17-15-28(2)16-18-29)33-19-22-39(23-20-33)26-32-24-34(25-35(32)30-11-7-5-8-12-30)38(3)36(41)31-13-9-6-10-14-31/h1,5-18,32-35H,19-27H2,2-3H3. The van der Waals surface area contributed by atoms with Crippen LogP contribution in [0.2, 0.25) is 0 Å². The molecular formula is C37H43N3O3. The van der Waals surface area contributed by atoms with E-state index < -0.39 is 0 Å². The normalized spacial score (nSPS) is 20.7. The van der Waals surface area contributed by atoms with Crippen molar-refractivity contribution in [2.45, 2.75) is 57.2 Å². The molecule has 0 N–H and O–H groups in total. The molecule has 6 heteroatoms. The van der Waals surface area contributed by atoms with E-state index in [-0.39, 0.29) is 37.2 Å². The van der Waals surface area contributed by atoms with Crippen molar-refractivity contribution in [1.82, 2.24) is 14.7 Å². The number of carbonyl (C=O) groups excluding carboxylic acids is 2. The Hall–Kier alpha value is -4.08. The van der Waals surface area contributed by atoms with E-state index in [1.165, 1.54) is 11.1 Å². The molecule has 1 aliphatic carbocycles. The first-order chi connectivity index (χ1) is 20.9. The van der Waals surface area contributed by atoms with Crippen molar-refractivity contribution in [3.8, 4) is 12.3 Å². The fraction of sp³-hybridized carbons (Fsp3) is 0.405. The summed E-state index contributed by atoms with van der Waals surface area (Å²) in [6.07, 6.45) is 8.98. The van der Waals surface area contributed by atoms with Crippen LogP contribution in [0.5, 0.6) is 0 Å². The number of carbonyl (C=O) groups is 2. The Bertz CT molecular complexity index is 1380. The topological polar surface area (TPSA) is 53.1 Å². The average molecular weight is 578 g/mol. The van der Waals surface area contributed by atoms with Crippen LogP contribution in [-0.4, -0.2) is 72.0 Å². The Kier molecular flexibility index (Phi) is 10.2. The van der Waals surface area contributed by atoms with Crippen LogP contribution in [0.1, 0.15) is 58.6 Å². The molecule has 3 atom stereocenters. The van der Waals surface area contributed by atoms with Crippen molar-refractivity contribution in [2.24, 2.45) is 5.92 Å². The van der Waals surface area contributed by atoms with Crippen LogP contribution in [0.3, 0.4) is 0 Å². The predicted octanol–water partition coefficient (Wildman–Crippen LogP) is 6.37. The van der Waals surface area contributed by atoms with E-state index in [0.717, 1.165) is 56.4 Å². The Morgan fingerprint density at radius 2 is 1.56 bits per heavy atom. The third-order valence-electron chi connectivity index (χ3n) is 9.26. The highest BCUT2D eigenvalue weighted by Gasteiger charge is 2.40. The molecule has 3 unspecified atom stereocenters. The summed E-state index contributed by atoms with van der Waals surface area (Å²) in [6.45, 7) is 5.30. The van der Waals surface area contributed by atoms with Gasteiger partial charge in [0, 0.05) is 44.3 Å². The lowest BCUT2D eigenvalue weighted by Crippen LogP contribution is -2.48. The number of piperidine rings is 1. The molecule has 1 aliphatic heterocycles. The maximum atomic E-state index is 13.3. The maximum absolute atomic E-state index is 13.3. The largest absolute Gasteiger partial charge is 0.445 e. The molecule has 224 valence electrons. The van der Waals surface area contributed by atoms with Crippen LogP contribution in [0.4, 0.5) is 4.79 Å². The second-order valence-corrected chi connectivity index (χ2v) is 12.1. The molecule has 2 amide bonds. The van der Waals surface area contributed by atoms with E-state index >= 15 is 0 Å². The van der Waals surface area contributed by atoms with E-state index in [0.29, 0.717) is 11.8 Å². The predicted molar refractivity (Wildman–Crippen MR) is 171 cm³/mol. The van der Waals surface area contributed by atoms with E-state index in [4.69, 9.17) is 11.2 Å². The molecule has 5 rings (SSSR count). The zero-order chi connectivity index (χ0) is 30.2. The molecule has 0 radical (unpaired) electrons. The molecule has 2 fully saturated rings. The van der Waals surface area contributed by atoms with Gasteiger partial charge in [-0.1, -0.05) is 84.3 Å². The van der Waals surface area contributed by atoms with Crippen LogP contribution in [0.25, 0.3) is 0 Å². The third kappa shape index (κ3) is 7.66. The number of hydrogen-bond donors (Lipinski definition) is 0. The summed E-state index contributed by atoms with van der Waals surface area (Å²) in [7, 11) is 1.95. The Morgan fingerprint density at radius 3 is 2.21 bits per heavy atom. The summed E-state index contributed by atoms with van der Waals surface area (Å²) in [5.41, 5.74) is 4.22. The van der Waals surface area contributed by atoms with Gasteiger partial charge in [0.1, 0.15) is 6.61 Å². The minimum atomic E-state index is -0.342. The van der Waals surface area contributed by atoms with Crippen molar-refractivity contribution in [3.05, 3.63) is 107 Å². The Balaban J connectivity index is 1.19. The highest BCUT2D eigenvalue weighted by molar-refractivity contribution is 5.94. The van der Waals surface area contributed by atoms with Crippen LogP contribution in [-0.2, 0) is 11.3 Å². The lowest BCUT2D eigenvalue weighted by atomic mass is 9.88. The third-order valence-corrected chi connectivity index (χ3v) is 9.26. The van der Waals surface area contributed by atoms with Crippen LogP contribution >= 0.6 is 0 Å². The van der Waals surface area contributed by atoms with E-state index in [2.05, 4.69) is 41.2 Å². The fourth-order valence-corrected chi connectivity index (χ4v) is 6.77. The molecule has 1 saturated carbocycles. The summed E-state index contributed by atoms with van der Waals surface area (Å²) in [5.74, 6) is 3.58. The number of benzene rings is 3. The number of ether oxygens (including phenoxy) is 1. The van der Waals surface area contributed by atoms with Gasteiger partial charge in [-0.2, -0.15) is 0 Å². The van der Waals surface area contributed by atoms with Gasteiger partial charge in [0.25, 0.3) is 5.91 Å². The summed E-state index contributed by atoms with van der Waals surface area (Å²) in [5, 5.41) is 0. The number of terminal acetylenes is 1. The number of nitrogens with zero attached hydrogens (tertiary/aromatic N) is 3. The van der Waals surface area contributed by atoms with Crippen LogP contribution in [0.15, 0.2) is 84.9 Å². The van der Waals surface area contributed by atoms with E-state index in [9.17, 15) is 9.59 Å². The molecule has 1 saturated heterocycles. The van der Waals surface area contributed by atoms with Gasteiger partial charge in [0.05, 0.1) is 6.54 Å². The van der Waals surface area contributed by atoms with Crippen molar-refractivity contribution < 1.29 is 14.3 Å². The smallest absolute Gasteiger partial charge is 0.411 e. The van der Waals surface area contributed by atoms with Gasteiger partial charge in [0.15, 0.2) is 0 Å². The number of aryl methyl sites for hydroxylation is 1. The summed E-state index contributed by atoms with van der Waals surface area (Å²) >= 11 is 0. The zero-order valence-electron chi connectivity index (χ0n) is 25.4. The number of amides is 2. The summed E-state index contributed by atoms with van der Waals surface area (Å²) in [4.78, 5) is 32.5. The Labute approximate surface area is 256 Å². The molecule has 1 heterocycles. The van der Waals surface area contributed by atoms with Gasteiger partial charge < -0.3 is 14.5 Å². The first-order valence-electron chi connectivity index (χ1n) is 15.4. The van der Waals surface area contributed by atoms with Gasteiger partial charge in [0.2, 0.25) is 0 Å². The lowest BCUT2D eigenvalue weighted by Gasteiger charge is -2.38. The quantitative estimate of drug-likeness (QED) is 0.278. The van der Waals surface area contributed by atoms with Crippen molar-refractivity contribution in [3.63, 3.8) is 0 Å². The SMILES string of the molecule is C#CCN(C(=O)OCc1ccc(C)cc1)C1CCN(CC2CC(N(C)C(=O)c3ccccc3)CC2c2ccccc2)CC1. The lowest BCUT2D eigenvalue weighted by molar-refractivity contribution is 0.0629. The first-order valence-corrected chi connectivity index (χ1v) is 15.4. The van der Waals surface area contributed by atoms with E-state index in [1.807, 2.05) is 73.5 Å². The van der Waals surface area contributed by atoms with E-state index in [1.54, 1.807) is 4.90 Å². The monoisotopic (exact) mass is 577 g/mol. The molecule has 0 bridgehead atoms. The molecule has 3 aromatic rings. The van der Waals surface area contributed by atoms with Gasteiger partial charge in [-0.3, -0.25) is 9.69 Å². The van der Waals surface area contributed by atoms with Crippen molar-refractivity contribution >= 4 is 12.0 Å². The number of hydrogen-bond acceptors (Lipinski definition) is 4. The second kappa shape index (κ2) is 14.4. The highest BCUT2D eigenvalue weighted by Crippen LogP contribution is 2.42. The molecule has 43 heavy (non-hydrogen) atoms. The zero-order valence-corrected chi connectivity index (χ0v) is 25.4. The second-order valence-electron chi connectivity index (χ2n) is 12.1. The molecule has 3 aromatic carbocycles.